The maximum Gasteiger partial charge on any atom is 0.246 e. The molecule has 0 aliphatic carbocycles. The van der Waals surface area contributed by atoms with Crippen LogP contribution in [0.4, 0.5) is 0 Å². The van der Waals surface area contributed by atoms with E-state index in [4.69, 9.17) is 0 Å². The van der Waals surface area contributed by atoms with Gasteiger partial charge in [-0.25, -0.2) is 0 Å². The van der Waals surface area contributed by atoms with Crippen LogP contribution in [0.1, 0.15) is 13.8 Å². The van der Waals surface area contributed by atoms with Gasteiger partial charge in [0.1, 0.15) is 0 Å². The van der Waals surface area contributed by atoms with Crippen LogP contribution in [-0.2, 0) is 9.59 Å². The van der Waals surface area contributed by atoms with Crippen molar-refractivity contribution in [3.05, 3.63) is 24.3 Å². The van der Waals surface area contributed by atoms with E-state index in [-0.39, 0.29) is 11.8 Å². The fraction of sp³-hybridized carbons (Fsp3) is 0.500. The van der Waals surface area contributed by atoms with E-state index in [0.29, 0.717) is 24.2 Å². The predicted octanol–water partition coefficient (Wildman–Crippen LogP) is 1.75. The smallest absolute Gasteiger partial charge is 0.246 e. The summed E-state index contributed by atoms with van der Waals surface area (Å²) in [6, 6.07) is 0. The molecule has 102 valence electrons. The molecule has 0 heterocycles. The average Bonchev–Trinajstić information content (AvgIpc) is 2.31. The molecule has 0 fully saturated rings. The molecule has 4 nitrogen and oxygen atoms in total. The Kier molecular flexibility index (Phi) is 9.59. The first-order chi connectivity index (χ1) is 8.45. The summed E-state index contributed by atoms with van der Waals surface area (Å²) in [5.41, 5.74) is 1.05. The summed E-state index contributed by atoms with van der Waals surface area (Å²) >= 11 is 0. The van der Waals surface area contributed by atoms with Gasteiger partial charge in [0.25, 0.3) is 0 Å². The van der Waals surface area contributed by atoms with Crippen LogP contribution in [0.2, 0.25) is 0 Å². The summed E-state index contributed by atoms with van der Waals surface area (Å²) in [7, 11) is 3.33. The number of hydrogen-bond donors (Lipinski definition) is 2. The van der Waals surface area contributed by atoms with Crippen LogP contribution in [0.5, 0.6) is 0 Å². The summed E-state index contributed by atoms with van der Waals surface area (Å²) < 4.78 is 0. The fourth-order valence-electron chi connectivity index (χ4n) is 0.832. The van der Waals surface area contributed by atoms with Crippen LogP contribution in [-0.4, -0.2) is 36.4 Å². The van der Waals surface area contributed by atoms with Gasteiger partial charge in [-0.05, 0) is 13.8 Å². The van der Waals surface area contributed by atoms with Gasteiger partial charge in [-0.15, -0.1) is 0 Å². The molecule has 0 saturated carbocycles. The Labute approximate surface area is 116 Å². The second-order valence-electron chi connectivity index (χ2n) is 3.72. The summed E-state index contributed by atoms with van der Waals surface area (Å²) in [5, 5.41) is 5.50. The van der Waals surface area contributed by atoms with Crippen molar-refractivity contribution in [3.8, 4) is 0 Å². The van der Waals surface area contributed by atoms with E-state index in [9.17, 15) is 9.59 Å². The van der Waals surface area contributed by atoms with Gasteiger partial charge in [0.2, 0.25) is 11.8 Å². The van der Waals surface area contributed by atoms with Gasteiger partial charge in [-0.2, -0.15) is 0 Å². The van der Waals surface area contributed by atoms with Crippen molar-refractivity contribution in [2.75, 3.05) is 24.6 Å². The molecule has 0 aromatic rings. The minimum atomic E-state index is -0.102. The zero-order chi connectivity index (χ0) is 14.0. The quantitative estimate of drug-likeness (QED) is 0.385. The molecule has 0 aromatic carbocycles. The minimum Gasteiger partial charge on any atom is -0.351 e. The Morgan fingerprint density at radius 1 is 0.889 bits per heavy atom. The maximum atomic E-state index is 11.1. The molecule has 0 aliphatic heterocycles. The molecule has 0 spiro atoms. The van der Waals surface area contributed by atoms with Crippen molar-refractivity contribution < 1.29 is 9.59 Å². The minimum absolute atomic E-state index is 0.102. The van der Waals surface area contributed by atoms with Crippen molar-refractivity contribution in [1.29, 1.82) is 0 Å². The Bertz CT molecular complexity index is 298. The lowest BCUT2D eigenvalue weighted by atomic mass is 10.3. The maximum absolute atomic E-state index is 11.1. The third-order valence-corrected chi connectivity index (χ3v) is 4.21. The molecular formula is C12H20N2O2S2. The first kappa shape index (κ1) is 17.1. The van der Waals surface area contributed by atoms with Gasteiger partial charge < -0.3 is 10.6 Å². The first-order valence-corrected chi connectivity index (χ1v) is 8.05. The van der Waals surface area contributed by atoms with E-state index >= 15 is 0 Å². The van der Waals surface area contributed by atoms with Crippen LogP contribution >= 0.6 is 21.6 Å². The van der Waals surface area contributed by atoms with Crippen LogP contribution in [0, 0.1) is 0 Å². The molecule has 0 aromatic heterocycles. The van der Waals surface area contributed by atoms with Crippen molar-refractivity contribution in [2.24, 2.45) is 0 Å². The highest BCUT2D eigenvalue weighted by Gasteiger charge is 2.01. The monoisotopic (exact) mass is 288 g/mol. The van der Waals surface area contributed by atoms with Crippen LogP contribution in [0.15, 0.2) is 24.3 Å². The lowest BCUT2D eigenvalue weighted by Gasteiger charge is -2.05. The third kappa shape index (κ3) is 9.18. The summed E-state index contributed by atoms with van der Waals surface area (Å²) in [6.45, 7) is 11.7. The lowest BCUT2D eigenvalue weighted by Crippen LogP contribution is -2.26. The number of amides is 2. The molecule has 6 heteroatoms. The second-order valence-corrected chi connectivity index (χ2v) is 6.42. The molecule has 0 atom stereocenters. The van der Waals surface area contributed by atoms with Gasteiger partial charge in [0.05, 0.1) is 0 Å². The van der Waals surface area contributed by atoms with E-state index in [2.05, 4.69) is 23.8 Å². The van der Waals surface area contributed by atoms with Crippen molar-refractivity contribution in [1.82, 2.24) is 10.6 Å². The highest BCUT2D eigenvalue weighted by atomic mass is 33.1. The lowest BCUT2D eigenvalue weighted by molar-refractivity contribution is -0.118. The van der Waals surface area contributed by atoms with E-state index in [1.54, 1.807) is 35.4 Å². The van der Waals surface area contributed by atoms with Gasteiger partial charge in [0.15, 0.2) is 0 Å². The van der Waals surface area contributed by atoms with Crippen LogP contribution in [0.25, 0.3) is 0 Å². The van der Waals surface area contributed by atoms with Gasteiger partial charge in [0, 0.05) is 35.7 Å². The van der Waals surface area contributed by atoms with Gasteiger partial charge >= 0.3 is 0 Å². The molecular weight excluding hydrogens is 268 g/mol. The number of rotatable bonds is 9. The van der Waals surface area contributed by atoms with Crippen LogP contribution in [0.3, 0.4) is 0 Å². The molecule has 18 heavy (non-hydrogen) atoms. The highest BCUT2D eigenvalue weighted by molar-refractivity contribution is 8.76. The number of carbonyl (C=O) groups excluding carboxylic acids is 2. The van der Waals surface area contributed by atoms with Crippen molar-refractivity contribution in [2.45, 2.75) is 13.8 Å². The molecule has 0 bridgehead atoms. The standard InChI is InChI=1S/C12H20N2O2S2/c1-9(2)11(15)13-5-7-17-18-8-6-14-12(16)10(3)4/h1,3,5-8H2,2,4H3,(H,13,15)(H,14,16). The largest absolute Gasteiger partial charge is 0.351 e. The average molecular weight is 288 g/mol. The number of nitrogens with one attached hydrogen (secondary N) is 2. The molecule has 0 unspecified atom stereocenters. The first-order valence-electron chi connectivity index (χ1n) is 5.57. The van der Waals surface area contributed by atoms with Crippen LogP contribution < -0.4 is 10.6 Å². The highest BCUT2D eigenvalue weighted by Crippen LogP contribution is 2.19. The Hall–Kier alpha value is -0.880. The topological polar surface area (TPSA) is 58.2 Å². The van der Waals surface area contributed by atoms with E-state index < -0.39 is 0 Å². The normalized spacial score (nSPS) is 9.67. The van der Waals surface area contributed by atoms with Gasteiger partial charge in [-0.3, -0.25) is 9.59 Å². The Balaban J connectivity index is 3.32. The summed E-state index contributed by atoms with van der Waals surface area (Å²) in [4.78, 5) is 22.3. The summed E-state index contributed by atoms with van der Waals surface area (Å²) in [5.74, 6) is 1.46. The zero-order valence-electron chi connectivity index (χ0n) is 10.9. The molecule has 2 N–H and O–H groups in total. The van der Waals surface area contributed by atoms with E-state index in [1.165, 1.54) is 0 Å². The van der Waals surface area contributed by atoms with E-state index in [0.717, 1.165) is 11.5 Å². The number of carbonyl (C=O) groups is 2. The third-order valence-electron chi connectivity index (χ3n) is 1.80. The zero-order valence-corrected chi connectivity index (χ0v) is 12.5. The second kappa shape index (κ2) is 10.1. The van der Waals surface area contributed by atoms with Gasteiger partial charge in [-0.1, -0.05) is 34.7 Å². The number of hydrogen-bond acceptors (Lipinski definition) is 4. The fourth-order valence-corrected chi connectivity index (χ4v) is 2.65. The Morgan fingerprint density at radius 2 is 1.22 bits per heavy atom. The SMILES string of the molecule is C=C(C)C(=O)NCCSSCCNC(=O)C(=C)C. The molecule has 2 amide bonds. The predicted molar refractivity (Wildman–Crippen MR) is 80.6 cm³/mol. The van der Waals surface area contributed by atoms with Crippen molar-refractivity contribution in [3.63, 3.8) is 0 Å². The summed E-state index contributed by atoms with van der Waals surface area (Å²) in [6.07, 6.45) is 0. The molecule has 0 saturated heterocycles. The molecule has 0 aliphatic rings. The molecule has 0 rings (SSSR count). The van der Waals surface area contributed by atoms with Crippen molar-refractivity contribution >= 4 is 33.4 Å². The Morgan fingerprint density at radius 3 is 1.50 bits per heavy atom. The van der Waals surface area contributed by atoms with E-state index in [1.807, 2.05) is 0 Å². The molecule has 0 radical (unpaired) electrons.